The zero-order valence-corrected chi connectivity index (χ0v) is 12.0. The summed E-state index contributed by atoms with van der Waals surface area (Å²) in [6, 6.07) is 10.6. The van der Waals surface area contributed by atoms with E-state index >= 15 is 0 Å². The molecule has 1 atom stereocenters. The lowest BCUT2D eigenvalue weighted by Crippen LogP contribution is -2.21. The molecule has 110 valence electrons. The molecular formula is C17H11ClO4. The van der Waals surface area contributed by atoms with E-state index in [4.69, 9.17) is 11.6 Å². The van der Waals surface area contributed by atoms with Gasteiger partial charge < -0.3 is 10.2 Å². The van der Waals surface area contributed by atoms with Crippen LogP contribution in [0.4, 0.5) is 0 Å². The van der Waals surface area contributed by atoms with Crippen LogP contribution in [-0.2, 0) is 0 Å². The van der Waals surface area contributed by atoms with Gasteiger partial charge in [0.25, 0.3) is 0 Å². The summed E-state index contributed by atoms with van der Waals surface area (Å²) in [6.07, 6.45) is -0.320. The number of carbonyl (C=O) groups excluding carboxylic acids is 2. The smallest absolute Gasteiger partial charge is 0.192 e. The van der Waals surface area contributed by atoms with Crippen LogP contribution >= 0.6 is 11.6 Å². The number of phenolic OH excluding ortho intramolecular Hbond substituents is 1. The lowest BCUT2D eigenvalue weighted by atomic mass is 9.85. The van der Waals surface area contributed by atoms with E-state index in [0.29, 0.717) is 10.6 Å². The number of hydrogen-bond donors (Lipinski definition) is 2. The highest BCUT2D eigenvalue weighted by Crippen LogP contribution is 2.35. The first kappa shape index (κ1) is 14.5. The fourth-order valence-electron chi connectivity index (χ4n) is 2.45. The Morgan fingerprint density at radius 3 is 2.41 bits per heavy atom. The SMILES string of the molecule is O=C1C=C([C@H](O)c2cc(Cl)ccc2O)C(=O)c2ccccc21. The molecular weight excluding hydrogens is 304 g/mol. The number of aromatic hydroxyl groups is 1. The zero-order chi connectivity index (χ0) is 15.9. The molecule has 0 fully saturated rings. The van der Waals surface area contributed by atoms with Gasteiger partial charge in [-0.3, -0.25) is 9.59 Å². The maximum Gasteiger partial charge on any atom is 0.192 e. The Bertz CT molecular complexity index is 823. The van der Waals surface area contributed by atoms with Gasteiger partial charge in [-0.15, -0.1) is 0 Å². The van der Waals surface area contributed by atoms with Crippen LogP contribution in [0.5, 0.6) is 5.75 Å². The topological polar surface area (TPSA) is 74.6 Å². The van der Waals surface area contributed by atoms with E-state index in [-0.39, 0.29) is 28.2 Å². The second-order valence-corrected chi connectivity index (χ2v) is 5.38. The Morgan fingerprint density at radius 2 is 1.68 bits per heavy atom. The summed E-state index contributed by atoms with van der Waals surface area (Å²) in [5.74, 6) is -0.996. The maximum atomic E-state index is 12.5. The highest BCUT2D eigenvalue weighted by molar-refractivity contribution is 6.30. The van der Waals surface area contributed by atoms with Crippen molar-refractivity contribution in [2.24, 2.45) is 0 Å². The van der Waals surface area contributed by atoms with Gasteiger partial charge in [0.15, 0.2) is 11.6 Å². The highest BCUT2D eigenvalue weighted by atomic mass is 35.5. The number of ketones is 2. The van der Waals surface area contributed by atoms with Crippen LogP contribution in [0.2, 0.25) is 5.02 Å². The number of phenols is 1. The monoisotopic (exact) mass is 314 g/mol. The molecule has 0 unspecified atom stereocenters. The average molecular weight is 315 g/mol. The van der Waals surface area contributed by atoms with Crippen LogP contribution in [0.1, 0.15) is 32.4 Å². The summed E-state index contributed by atoms with van der Waals surface area (Å²) in [7, 11) is 0. The summed E-state index contributed by atoms with van der Waals surface area (Å²) in [5, 5.41) is 20.6. The summed E-state index contributed by atoms with van der Waals surface area (Å²) >= 11 is 5.85. The number of rotatable bonds is 2. The largest absolute Gasteiger partial charge is 0.508 e. The van der Waals surface area contributed by atoms with Gasteiger partial charge in [0.05, 0.1) is 0 Å². The minimum atomic E-state index is -1.43. The molecule has 4 nitrogen and oxygen atoms in total. The molecule has 1 aliphatic rings. The number of carbonyl (C=O) groups is 2. The molecule has 0 saturated heterocycles. The number of aliphatic hydroxyl groups excluding tert-OH is 1. The maximum absolute atomic E-state index is 12.5. The molecule has 5 heteroatoms. The Balaban J connectivity index is 2.08. The van der Waals surface area contributed by atoms with Crippen molar-refractivity contribution in [1.29, 1.82) is 0 Å². The lowest BCUT2D eigenvalue weighted by Gasteiger charge is -2.20. The van der Waals surface area contributed by atoms with Gasteiger partial charge in [0.2, 0.25) is 0 Å². The van der Waals surface area contributed by atoms with E-state index in [1.54, 1.807) is 18.2 Å². The lowest BCUT2D eigenvalue weighted by molar-refractivity contribution is 0.0946. The van der Waals surface area contributed by atoms with Crippen molar-refractivity contribution in [3.63, 3.8) is 0 Å². The van der Waals surface area contributed by atoms with Crippen LogP contribution < -0.4 is 0 Å². The van der Waals surface area contributed by atoms with Gasteiger partial charge in [-0.2, -0.15) is 0 Å². The first-order valence-corrected chi connectivity index (χ1v) is 6.93. The summed E-state index contributed by atoms with van der Waals surface area (Å²) in [6.45, 7) is 0. The number of aliphatic hydroxyl groups is 1. The number of hydrogen-bond acceptors (Lipinski definition) is 4. The van der Waals surface area contributed by atoms with Crippen LogP contribution in [0.3, 0.4) is 0 Å². The summed E-state index contributed by atoms with van der Waals surface area (Å²) in [4.78, 5) is 24.6. The van der Waals surface area contributed by atoms with Crippen molar-refractivity contribution in [2.75, 3.05) is 0 Å². The third-order valence-corrected chi connectivity index (χ3v) is 3.80. The normalized spacial score (nSPS) is 15.3. The third kappa shape index (κ3) is 2.32. The second-order valence-electron chi connectivity index (χ2n) is 4.94. The van der Waals surface area contributed by atoms with Gasteiger partial charge >= 0.3 is 0 Å². The quantitative estimate of drug-likeness (QED) is 0.893. The fourth-order valence-corrected chi connectivity index (χ4v) is 2.63. The van der Waals surface area contributed by atoms with E-state index in [2.05, 4.69) is 0 Å². The van der Waals surface area contributed by atoms with Crippen LogP contribution in [-0.4, -0.2) is 21.8 Å². The van der Waals surface area contributed by atoms with E-state index in [9.17, 15) is 19.8 Å². The van der Waals surface area contributed by atoms with Crippen LogP contribution in [0.15, 0.2) is 54.1 Å². The summed E-state index contributed by atoms with van der Waals surface area (Å²) < 4.78 is 0. The second kappa shape index (κ2) is 5.40. The molecule has 0 saturated carbocycles. The number of fused-ring (bicyclic) bond motifs is 1. The molecule has 0 amide bonds. The predicted octanol–water partition coefficient (Wildman–Crippen LogP) is 3.08. The van der Waals surface area contributed by atoms with E-state index in [1.165, 1.54) is 24.3 Å². The number of benzene rings is 2. The van der Waals surface area contributed by atoms with Crippen LogP contribution in [0, 0.1) is 0 Å². The van der Waals surface area contributed by atoms with Gasteiger partial charge in [0, 0.05) is 27.3 Å². The van der Waals surface area contributed by atoms with Crippen molar-refractivity contribution in [3.05, 3.63) is 75.8 Å². The number of Topliss-reactive ketones (excluding diaryl/α,β-unsaturated/α-hetero) is 1. The van der Waals surface area contributed by atoms with Gasteiger partial charge in [-0.25, -0.2) is 0 Å². The Labute approximate surface area is 131 Å². The van der Waals surface area contributed by atoms with Crippen molar-refractivity contribution in [1.82, 2.24) is 0 Å². The number of allylic oxidation sites excluding steroid dienone is 1. The van der Waals surface area contributed by atoms with Gasteiger partial charge in [-0.1, -0.05) is 35.9 Å². The van der Waals surface area contributed by atoms with Crippen molar-refractivity contribution < 1.29 is 19.8 Å². The van der Waals surface area contributed by atoms with Crippen molar-refractivity contribution in [3.8, 4) is 5.75 Å². The number of halogens is 1. The molecule has 2 aromatic rings. The minimum Gasteiger partial charge on any atom is -0.508 e. The molecule has 0 aromatic heterocycles. The molecule has 0 heterocycles. The average Bonchev–Trinajstić information content (AvgIpc) is 2.52. The first-order chi connectivity index (χ1) is 10.5. The van der Waals surface area contributed by atoms with Crippen LogP contribution in [0.25, 0.3) is 0 Å². The third-order valence-electron chi connectivity index (χ3n) is 3.56. The van der Waals surface area contributed by atoms with E-state index in [1.807, 2.05) is 0 Å². The molecule has 2 aromatic carbocycles. The Kier molecular flexibility index (Phi) is 3.56. The fraction of sp³-hybridized carbons (Fsp3) is 0.0588. The Hall–Kier alpha value is -2.43. The highest BCUT2D eigenvalue weighted by Gasteiger charge is 2.31. The molecule has 3 rings (SSSR count). The van der Waals surface area contributed by atoms with E-state index < -0.39 is 11.9 Å². The van der Waals surface area contributed by atoms with Crippen molar-refractivity contribution in [2.45, 2.75) is 6.10 Å². The molecule has 0 aliphatic heterocycles. The van der Waals surface area contributed by atoms with Gasteiger partial charge in [-0.05, 0) is 24.3 Å². The summed E-state index contributed by atoms with van der Waals surface area (Å²) in [5.41, 5.74) is 0.546. The molecule has 0 bridgehead atoms. The predicted molar refractivity (Wildman–Crippen MR) is 81.3 cm³/mol. The minimum absolute atomic E-state index is 0.0822. The zero-order valence-electron chi connectivity index (χ0n) is 11.3. The van der Waals surface area contributed by atoms with Gasteiger partial charge in [0.1, 0.15) is 11.9 Å². The molecule has 2 N–H and O–H groups in total. The molecule has 0 radical (unpaired) electrons. The van der Waals surface area contributed by atoms with Crippen molar-refractivity contribution >= 4 is 23.2 Å². The van der Waals surface area contributed by atoms with E-state index in [0.717, 1.165) is 6.08 Å². The molecule has 1 aliphatic carbocycles. The Morgan fingerprint density at radius 1 is 1.00 bits per heavy atom. The standard InChI is InChI=1S/C17H11ClO4/c18-9-5-6-14(19)12(7-9)17(22)13-8-15(20)10-3-1-2-4-11(10)16(13)21/h1-8,17,19,22H/t17-/m1/s1. The molecule has 22 heavy (non-hydrogen) atoms. The molecule has 0 spiro atoms. The first-order valence-electron chi connectivity index (χ1n) is 6.55.